The molecule has 0 radical (unpaired) electrons. The first-order valence-electron chi connectivity index (χ1n) is 5.14. The van der Waals surface area contributed by atoms with Gasteiger partial charge in [0.1, 0.15) is 4.90 Å². The van der Waals surface area contributed by atoms with Crippen molar-refractivity contribution in [2.45, 2.75) is 25.7 Å². The molecule has 1 aromatic rings. The Bertz CT molecular complexity index is 516. The van der Waals surface area contributed by atoms with Crippen LogP contribution in [0.15, 0.2) is 4.90 Å². The van der Waals surface area contributed by atoms with Gasteiger partial charge in [-0.25, -0.2) is 13.2 Å². The lowest BCUT2D eigenvalue weighted by Crippen LogP contribution is -2.31. The van der Waals surface area contributed by atoms with Gasteiger partial charge in [-0.2, -0.15) is 9.40 Å². The smallest absolute Gasteiger partial charge is 0.357 e. The minimum absolute atomic E-state index is 0.231. The Hall–Kier alpha value is -1.41. The molecule has 0 spiro atoms. The minimum Gasteiger partial charge on any atom is -0.476 e. The SMILES string of the molecule is CCN(CC)S(=O)(=O)c1c(C(=O)O)n[nH]c1C. The third-order valence-electron chi connectivity index (χ3n) is 2.40. The second kappa shape index (κ2) is 4.84. The molecule has 17 heavy (non-hydrogen) atoms. The molecule has 0 fully saturated rings. The van der Waals surface area contributed by atoms with Gasteiger partial charge in [-0.05, 0) is 6.92 Å². The average molecular weight is 261 g/mol. The molecule has 0 unspecified atom stereocenters. The van der Waals surface area contributed by atoms with Crippen molar-refractivity contribution in [3.05, 3.63) is 11.4 Å². The highest BCUT2D eigenvalue weighted by atomic mass is 32.2. The highest BCUT2D eigenvalue weighted by Crippen LogP contribution is 2.21. The molecule has 0 saturated carbocycles. The van der Waals surface area contributed by atoms with E-state index in [0.717, 1.165) is 0 Å². The number of H-pyrrole nitrogens is 1. The molecule has 0 bridgehead atoms. The van der Waals surface area contributed by atoms with Crippen LogP contribution < -0.4 is 0 Å². The molecular weight excluding hydrogens is 246 g/mol. The van der Waals surface area contributed by atoms with Crippen LogP contribution in [-0.2, 0) is 10.0 Å². The summed E-state index contributed by atoms with van der Waals surface area (Å²) in [4.78, 5) is 10.7. The summed E-state index contributed by atoms with van der Waals surface area (Å²) < 4.78 is 25.6. The Kier molecular flexibility index (Phi) is 3.89. The summed E-state index contributed by atoms with van der Waals surface area (Å²) in [6, 6.07) is 0. The molecule has 7 nitrogen and oxygen atoms in total. The molecule has 0 saturated heterocycles. The molecule has 0 aromatic carbocycles. The molecule has 0 aliphatic rings. The summed E-state index contributed by atoms with van der Waals surface area (Å²) in [5.74, 6) is -1.36. The normalized spacial score (nSPS) is 12.0. The van der Waals surface area contributed by atoms with Gasteiger partial charge in [0.15, 0.2) is 5.69 Å². The van der Waals surface area contributed by atoms with Crippen LogP contribution >= 0.6 is 0 Å². The molecule has 1 aromatic heterocycles. The average Bonchev–Trinajstić information content (AvgIpc) is 2.62. The molecule has 2 N–H and O–H groups in total. The number of hydrogen-bond donors (Lipinski definition) is 2. The number of rotatable bonds is 5. The number of sulfonamides is 1. The fraction of sp³-hybridized carbons (Fsp3) is 0.556. The lowest BCUT2D eigenvalue weighted by Gasteiger charge is -2.18. The Balaban J connectivity index is 3.42. The van der Waals surface area contributed by atoms with Crippen molar-refractivity contribution >= 4 is 16.0 Å². The van der Waals surface area contributed by atoms with Crippen LogP contribution in [0.4, 0.5) is 0 Å². The van der Waals surface area contributed by atoms with Crippen molar-refractivity contribution in [3.8, 4) is 0 Å². The zero-order valence-corrected chi connectivity index (χ0v) is 10.7. The summed E-state index contributed by atoms with van der Waals surface area (Å²) in [5, 5.41) is 14.8. The van der Waals surface area contributed by atoms with Gasteiger partial charge in [-0.15, -0.1) is 0 Å². The molecule has 1 rings (SSSR count). The van der Waals surface area contributed by atoms with Crippen LogP contribution in [0, 0.1) is 6.92 Å². The van der Waals surface area contributed by atoms with Gasteiger partial charge in [0.2, 0.25) is 10.0 Å². The van der Waals surface area contributed by atoms with Gasteiger partial charge >= 0.3 is 5.97 Å². The van der Waals surface area contributed by atoms with Crippen LogP contribution in [0.5, 0.6) is 0 Å². The van der Waals surface area contributed by atoms with Gasteiger partial charge in [0.05, 0.1) is 5.69 Å². The van der Waals surface area contributed by atoms with E-state index >= 15 is 0 Å². The highest BCUT2D eigenvalue weighted by Gasteiger charge is 2.31. The Morgan fingerprint density at radius 2 is 1.94 bits per heavy atom. The van der Waals surface area contributed by atoms with Gasteiger partial charge in [0, 0.05) is 13.1 Å². The van der Waals surface area contributed by atoms with Crippen molar-refractivity contribution in [1.82, 2.24) is 14.5 Å². The Morgan fingerprint density at radius 1 is 1.41 bits per heavy atom. The van der Waals surface area contributed by atoms with E-state index in [-0.39, 0.29) is 23.7 Å². The molecule has 8 heteroatoms. The number of hydrogen-bond acceptors (Lipinski definition) is 4. The highest BCUT2D eigenvalue weighted by molar-refractivity contribution is 7.89. The molecule has 0 aliphatic heterocycles. The zero-order chi connectivity index (χ0) is 13.2. The quantitative estimate of drug-likeness (QED) is 0.800. The van der Waals surface area contributed by atoms with E-state index in [4.69, 9.17) is 5.11 Å². The summed E-state index contributed by atoms with van der Waals surface area (Å²) in [5.41, 5.74) is -0.233. The number of aromatic nitrogens is 2. The first kappa shape index (κ1) is 13.7. The number of aromatic carboxylic acids is 1. The van der Waals surface area contributed by atoms with Gasteiger partial charge in [-0.1, -0.05) is 13.8 Å². The van der Waals surface area contributed by atoms with Crippen molar-refractivity contribution in [2.24, 2.45) is 0 Å². The molecule has 1 heterocycles. The third-order valence-corrected chi connectivity index (χ3v) is 4.61. The van der Waals surface area contributed by atoms with E-state index in [1.165, 1.54) is 11.2 Å². The molecule has 96 valence electrons. The Labute approximate surface area is 99.5 Å². The number of nitrogens with one attached hydrogen (secondary N) is 1. The molecule has 0 atom stereocenters. The number of aryl methyl sites for hydroxylation is 1. The number of carbonyl (C=O) groups is 1. The van der Waals surface area contributed by atoms with Gasteiger partial charge < -0.3 is 5.11 Å². The number of nitrogens with zero attached hydrogens (tertiary/aromatic N) is 2. The van der Waals surface area contributed by atoms with E-state index in [0.29, 0.717) is 0 Å². The topological polar surface area (TPSA) is 103 Å². The minimum atomic E-state index is -3.81. The first-order valence-corrected chi connectivity index (χ1v) is 6.58. The van der Waals surface area contributed by atoms with Gasteiger partial charge in [-0.3, -0.25) is 5.10 Å². The molecule has 0 amide bonds. The zero-order valence-electron chi connectivity index (χ0n) is 9.89. The van der Waals surface area contributed by atoms with Gasteiger partial charge in [0.25, 0.3) is 0 Å². The summed E-state index contributed by atoms with van der Waals surface area (Å²) in [6.07, 6.45) is 0. The lowest BCUT2D eigenvalue weighted by atomic mass is 10.4. The largest absolute Gasteiger partial charge is 0.476 e. The van der Waals surface area contributed by atoms with E-state index in [2.05, 4.69) is 10.2 Å². The van der Waals surface area contributed by atoms with Crippen molar-refractivity contribution < 1.29 is 18.3 Å². The predicted molar refractivity (Wildman–Crippen MR) is 60.4 cm³/mol. The van der Waals surface area contributed by atoms with E-state index in [1.807, 2.05) is 0 Å². The van der Waals surface area contributed by atoms with Crippen LogP contribution in [0.1, 0.15) is 30.0 Å². The standard InChI is InChI=1S/C9H15N3O4S/c1-4-12(5-2)17(15,16)8-6(3)10-11-7(8)9(13)14/h4-5H2,1-3H3,(H,10,11)(H,13,14). The third kappa shape index (κ3) is 2.32. The number of aromatic amines is 1. The van der Waals surface area contributed by atoms with Crippen LogP contribution in [0.25, 0.3) is 0 Å². The summed E-state index contributed by atoms with van der Waals surface area (Å²) in [7, 11) is -3.81. The first-order chi connectivity index (χ1) is 7.86. The fourth-order valence-electron chi connectivity index (χ4n) is 1.57. The van der Waals surface area contributed by atoms with E-state index in [9.17, 15) is 13.2 Å². The van der Waals surface area contributed by atoms with Crippen LogP contribution in [0.3, 0.4) is 0 Å². The Morgan fingerprint density at radius 3 is 2.35 bits per heavy atom. The second-order valence-electron chi connectivity index (χ2n) is 3.42. The maximum absolute atomic E-state index is 12.2. The number of carboxylic acids is 1. The molecule has 0 aliphatic carbocycles. The van der Waals surface area contributed by atoms with E-state index in [1.54, 1.807) is 13.8 Å². The second-order valence-corrected chi connectivity index (χ2v) is 5.30. The number of carboxylic acid groups (broad SMARTS) is 1. The monoisotopic (exact) mass is 261 g/mol. The van der Waals surface area contributed by atoms with Crippen LogP contribution in [0.2, 0.25) is 0 Å². The van der Waals surface area contributed by atoms with Crippen molar-refractivity contribution in [3.63, 3.8) is 0 Å². The summed E-state index contributed by atoms with van der Waals surface area (Å²) in [6.45, 7) is 5.43. The summed E-state index contributed by atoms with van der Waals surface area (Å²) >= 11 is 0. The fourth-order valence-corrected chi connectivity index (χ4v) is 3.32. The maximum Gasteiger partial charge on any atom is 0.357 e. The maximum atomic E-state index is 12.2. The van der Waals surface area contributed by atoms with E-state index < -0.39 is 21.7 Å². The van der Waals surface area contributed by atoms with Crippen molar-refractivity contribution in [1.29, 1.82) is 0 Å². The molecular formula is C9H15N3O4S. The predicted octanol–water partition coefficient (Wildman–Crippen LogP) is 0.447. The van der Waals surface area contributed by atoms with Crippen LogP contribution in [-0.4, -0.2) is 47.1 Å². The lowest BCUT2D eigenvalue weighted by molar-refractivity contribution is 0.0686. The van der Waals surface area contributed by atoms with Crippen molar-refractivity contribution in [2.75, 3.05) is 13.1 Å².